The van der Waals surface area contributed by atoms with Gasteiger partial charge in [-0.15, -0.1) is 0 Å². The van der Waals surface area contributed by atoms with Crippen molar-refractivity contribution in [3.05, 3.63) is 30.1 Å². The minimum atomic E-state index is -0.708. The number of hydrogen-bond acceptors (Lipinski definition) is 5. The Morgan fingerprint density at radius 1 is 1.36 bits per heavy atom. The van der Waals surface area contributed by atoms with Gasteiger partial charge in [0.15, 0.2) is 18.4 Å². The van der Waals surface area contributed by atoms with Crippen LogP contribution >= 0.6 is 0 Å². The molecule has 1 heterocycles. The second kappa shape index (κ2) is 8.99. The van der Waals surface area contributed by atoms with Crippen LogP contribution in [0.15, 0.2) is 24.5 Å². The number of methoxy groups -OCH3 is 1. The number of nitrogens with zero attached hydrogens (tertiary/aromatic N) is 1. The summed E-state index contributed by atoms with van der Waals surface area (Å²) in [5.41, 5.74) is 5.71. The molecule has 0 bridgehead atoms. The maximum atomic E-state index is 11.2. The van der Waals surface area contributed by atoms with Crippen molar-refractivity contribution in [1.82, 2.24) is 0 Å². The van der Waals surface area contributed by atoms with Gasteiger partial charge >= 0.3 is 6.16 Å². The lowest BCUT2D eigenvalue weighted by atomic mass is 10.1. The number of pyridine rings is 1. The van der Waals surface area contributed by atoms with E-state index in [1.54, 1.807) is 32.4 Å². The number of ether oxygens (including phenoxy) is 3. The van der Waals surface area contributed by atoms with Gasteiger partial charge in [0, 0.05) is 19.6 Å². The number of hydrogen-bond donors (Lipinski definition) is 1. The van der Waals surface area contributed by atoms with E-state index < -0.39 is 12.1 Å². The first-order valence-corrected chi connectivity index (χ1v) is 7.10. The second-order valence-corrected chi connectivity index (χ2v) is 4.84. The van der Waals surface area contributed by atoms with Crippen molar-refractivity contribution in [2.24, 2.45) is 5.73 Å². The van der Waals surface area contributed by atoms with E-state index in [-0.39, 0.29) is 25.4 Å². The zero-order valence-electron chi connectivity index (χ0n) is 13.2. The predicted octanol–water partition coefficient (Wildman–Crippen LogP) is 1.21. The molecule has 0 saturated carbocycles. The van der Waals surface area contributed by atoms with Crippen LogP contribution in [0.1, 0.15) is 36.7 Å². The Balaban J connectivity index is 2.60. The Morgan fingerprint density at radius 3 is 2.68 bits per heavy atom. The molecule has 0 aliphatic carbocycles. The third-order valence-electron chi connectivity index (χ3n) is 3.20. The van der Waals surface area contributed by atoms with Crippen LogP contribution < -0.4 is 10.3 Å². The lowest BCUT2D eigenvalue weighted by Crippen LogP contribution is -2.41. The SMILES string of the molecule is CCOC(=O)OC[C@H](CC(C)[n+]1cccc(C(N)=O)c1)OC. The first-order chi connectivity index (χ1) is 10.5. The molecule has 0 saturated heterocycles. The van der Waals surface area contributed by atoms with Gasteiger partial charge < -0.3 is 19.9 Å². The van der Waals surface area contributed by atoms with Gasteiger partial charge in [-0.25, -0.2) is 9.36 Å². The van der Waals surface area contributed by atoms with E-state index in [0.717, 1.165) is 0 Å². The highest BCUT2D eigenvalue weighted by molar-refractivity contribution is 5.92. The summed E-state index contributed by atoms with van der Waals surface area (Å²) in [5.74, 6) is -0.476. The predicted molar refractivity (Wildman–Crippen MR) is 78.3 cm³/mol. The molecule has 1 rings (SSSR count). The fourth-order valence-corrected chi connectivity index (χ4v) is 1.97. The van der Waals surface area contributed by atoms with Crippen LogP contribution in [-0.4, -0.2) is 38.5 Å². The largest absolute Gasteiger partial charge is 0.508 e. The minimum Gasteiger partial charge on any atom is -0.435 e. The van der Waals surface area contributed by atoms with Crippen molar-refractivity contribution >= 4 is 12.1 Å². The normalized spacial score (nSPS) is 13.2. The van der Waals surface area contributed by atoms with E-state index in [1.807, 2.05) is 17.7 Å². The molecule has 0 aliphatic rings. The molecule has 0 fully saturated rings. The summed E-state index contributed by atoms with van der Waals surface area (Å²) >= 11 is 0. The number of amides is 1. The van der Waals surface area contributed by atoms with Crippen LogP contribution in [0, 0.1) is 0 Å². The number of carbonyl (C=O) groups is 2. The molecule has 0 aliphatic heterocycles. The maximum absolute atomic E-state index is 11.2. The summed E-state index contributed by atoms with van der Waals surface area (Å²) in [6, 6.07) is 3.45. The third-order valence-corrected chi connectivity index (χ3v) is 3.20. The molecule has 0 aromatic carbocycles. The Hall–Kier alpha value is -2.15. The summed E-state index contributed by atoms with van der Waals surface area (Å²) < 4.78 is 16.8. The van der Waals surface area contributed by atoms with Crippen LogP contribution in [0.5, 0.6) is 0 Å². The van der Waals surface area contributed by atoms with Crippen LogP contribution in [0.4, 0.5) is 4.79 Å². The summed E-state index contributed by atoms with van der Waals surface area (Å²) in [4.78, 5) is 22.4. The summed E-state index contributed by atoms with van der Waals surface area (Å²) in [5, 5.41) is 0. The standard InChI is InChI=1S/C15H22N2O5/c1-4-21-15(19)22-10-13(20-3)8-11(2)17-7-5-6-12(9-17)14(16)18/h5-7,9,11,13H,4,8,10H2,1-3H3,(H-,16,18)/p+1/t11?,13-/m0/s1. The second-order valence-electron chi connectivity index (χ2n) is 4.84. The number of rotatable bonds is 8. The zero-order valence-corrected chi connectivity index (χ0v) is 13.2. The topological polar surface area (TPSA) is 91.7 Å². The highest BCUT2D eigenvalue weighted by Crippen LogP contribution is 2.10. The van der Waals surface area contributed by atoms with Gasteiger partial charge in [0.25, 0.3) is 5.91 Å². The first kappa shape index (κ1) is 17.9. The van der Waals surface area contributed by atoms with Crippen molar-refractivity contribution in [2.45, 2.75) is 32.4 Å². The molecule has 1 amide bonds. The van der Waals surface area contributed by atoms with Gasteiger partial charge in [-0.2, -0.15) is 0 Å². The third kappa shape index (κ3) is 5.69. The molecule has 0 radical (unpaired) electrons. The summed E-state index contributed by atoms with van der Waals surface area (Å²) in [6.07, 6.45) is 3.15. The van der Waals surface area contributed by atoms with E-state index in [1.165, 1.54) is 0 Å². The fourth-order valence-electron chi connectivity index (χ4n) is 1.97. The monoisotopic (exact) mass is 311 g/mol. The van der Waals surface area contributed by atoms with Crippen molar-refractivity contribution in [1.29, 1.82) is 0 Å². The van der Waals surface area contributed by atoms with Gasteiger partial charge in [0.1, 0.15) is 12.2 Å². The van der Waals surface area contributed by atoms with Crippen LogP contribution in [-0.2, 0) is 14.2 Å². The zero-order chi connectivity index (χ0) is 16.5. The minimum absolute atomic E-state index is 0.0371. The lowest BCUT2D eigenvalue weighted by Gasteiger charge is -2.17. The van der Waals surface area contributed by atoms with Crippen molar-refractivity contribution < 1.29 is 28.4 Å². The van der Waals surface area contributed by atoms with E-state index in [2.05, 4.69) is 0 Å². The van der Waals surface area contributed by atoms with E-state index in [0.29, 0.717) is 12.0 Å². The molecular formula is C15H23N2O5+. The maximum Gasteiger partial charge on any atom is 0.508 e. The Labute approximate surface area is 130 Å². The van der Waals surface area contributed by atoms with Crippen LogP contribution in [0.3, 0.4) is 0 Å². The number of primary amides is 1. The van der Waals surface area contributed by atoms with E-state index >= 15 is 0 Å². The molecule has 7 nitrogen and oxygen atoms in total. The molecule has 22 heavy (non-hydrogen) atoms. The van der Waals surface area contributed by atoms with Crippen molar-refractivity contribution in [2.75, 3.05) is 20.3 Å². The molecule has 1 aromatic heterocycles. The van der Waals surface area contributed by atoms with Crippen molar-refractivity contribution in [3.63, 3.8) is 0 Å². The number of carbonyl (C=O) groups excluding carboxylic acids is 2. The summed E-state index contributed by atoms with van der Waals surface area (Å²) in [6.45, 7) is 4.05. The molecule has 2 atom stereocenters. The van der Waals surface area contributed by atoms with Gasteiger partial charge in [0.2, 0.25) is 0 Å². The van der Waals surface area contributed by atoms with Crippen LogP contribution in [0.2, 0.25) is 0 Å². The fraction of sp³-hybridized carbons (Fsp3) is 0.533. The van der Waals surface area contributed by atoms with Crippen molar-refractivity contribution in [3.8, 4) is 0 Å². The summed E-state index contributed by atoms with van der Waals surface area (Å²) in [7, 11) is 1.55. The number of aromatic nitrogens is 1. The van der Waals surface area contributed by atoms with Gasteiger partial charge in [-0.3, -0.25) is 4.79 Å². The highest BCUT2D eigenvalue weighted by Gasteiger charge is 2.21. The van der Waals surface area contributed by atoms with E-state index in [4.69, 9.17) is 19.9 Å². The quantitative estimate of drug-likeness (QED) is 0.575. The molecule has 122 valence electrons. The first-order valence-electron chi connectivity index (χ1n) is 7.10. The molecule has 1 aromatic rings. The molecule has 2 N–H and O–H groups in total. The smallest absolute Gasteiger partial charge is 0.435 e. The lowest BCUT2D eigenvalue weighted by molar-refractivity contribution is -0.721. The van der Waals surface area contributed by atoms with Gasteiger partial charge in [-0.05, 0) is 19.9 Å². The number of nitrogens with two attached hydrogens (primary N) is 1. The van der Waals surface area contributed by atoms with Gasteiger partial charge in [0.05, 0.1) is 12.7 Å². The van der Waals surface area contributed by atoms with E-state index in [9.17, 15) is 9.59 Å². The molecule has 7 heteroatoms. The Bertz CT molecular complexity index is 506. The highest BCUT2D eigenvalue weighted by atomic mass is 16.7. The molecule has 0 spiro atoms. The average Bonchev–Trinajstić information content (AvgIpc) is 2.51. The molecular weight excluding hydrogens is 288 g/mol. The van der Waals surface area contributed by atoms with Crippen LogP contribution in [0.25, 0.3) is 0 Å². The Morgan fingerprint density at radius 2 is 2.09 bits per heavy atom. The Kier molecular flexibility index (Phi) is 7.31. The van der Waals surface area contributed by atoms with Gasteiger partial charge in [-0.1, -0.05) is 0 Å². The molecule has 1 unspecified atom stereocenters. The average molecular weight is 311 g/mol.